The molecule has 29 heavy (non-hydrogen) atoms. The fourth-order valence-corrected chi connectivity index (χ4v) is 4.18. The van der Waals surface area contributed by atoms with Gasteiger partial charge in [0.15, 0.2) is 18.0 Å². The molecule has 3 rings (SSSR count). The van der Waals surface area contributed by atoms with Gasteiger partial charge in [-0.3, -0.25) is 9.59 Å². The molecular formula is C21H28N3O4S+. The normalized spacial score (nSPS) is 15.1. The van der Waals surface area contributed by atoms with Crippen molar-refractivity contribution in [2.45, 2.75) is 6.54 Å². The molecule has 1 aromatic heterocycles. The minimum absolute atomic E-state index is 0.0586. The zero-order chi connectivity index (χ0) is 20.8. The Morgan fingerprint density at radius 3 is 2.34 bits per heavy atom. The standard InChI is InChI=1S/C21H27N3O4S/c1-22(14-16-6-7-17(27-2)18(13-16)28-3)15-20(25)23-8-10-24(11-9-23)21(26)19-5-4-12-29-19/h4-7,12-13H,8-11,14-15H2,1-3H3/p+1. The Balaban J connectivity index is 1.48. The molecule has 0 aliphatic carbocycles. The van der Waals surface area contributed by atoms with Crippen molar-refractivity contribution < 1.29 is 24.0 Å². The summed E-state index contributed by atoms with van der Waals surface area (Å²) in [7, 11) is 5.23. The fourth-order valence-electron chi connectivity index (χ4n) is 3.49. The van der Waals surface area contributed by atoms with E-state index in [-0.39, 0.29) is 11.8 Å². The van der Waals surface area contributed by atoms with Gasteiger partial charge in [-0.2, -0.15) is 0 Å². The highest BCUT2D eigenvalue weighted by Gasteiger charge is 2.26. The predicted octanol–water partition coefficient (Wildman–Crippen LogP) is 0.765. The van der Waals surface area contributed by atoms with Crippen LogP contribution in [0.3, 0.4) is 0 Å². The summed E-state index contributed by atoms with van der Waals surface area (Å²) in [6, 6.07) is 9.55. The van der Waals surface area contributed by atoms with Crippen molar-refractivity contribution in [1.82, 2.24) is 9.80 Å². The third-order valence-corrected chi connectivity index (χ3v) is 5.92. The number of thiophene rings is 1. The van der Waals surface area contributed by atoms with E-state index in [4.69, 9.17) is 9.47 Å². The van der Waals surface area contributed by atoms with Crippen LogP contribution in [0.1, 0.15) is 15.2 Å². The number of amides is 2. The van der Waals surface area contributed by atoms with E-state index < -0.39 is 0 Å². The third kappa shape index (κ3) is 5.27. The lowest BCUT2D eigenvalue weighted by atomic mass is 10.2. The Morgan fingerprint density at radius 1 is 1.03 bits per heavy atom. The highest BCUT2D eigenvalue weighted by molar-refractivity contribution is 7.12. The summed E-state index contributed by atoms with van der Waals surface area (Å²) in [5, 5.41) is 1.91. The molecule has 7 nitrogen and oxygen atoms in total. The second kappa shape index (κ2) is 9.76. The van der Waals surface area contributed by atoms with Crippen molar-refractivity contribution in [3.8, 4) is 11.5 Å². The Morgan fingerprint density at radius 2 is 1.72 bits per heavy atom. The SMILES string of the molecule is COc1ccc(C[NH+](C)CC(=O)N2CCN(C(=O)c3cccs3)CC2)cc1OC. The molecule has 8 heteroatoms. The first-order chi connectivity index (χ1) is 14.0. The number of methoxy groups -OCH3 is 2. The van der Waals surface area contributed by atoms with Crippen molar-refractivity contribution in [1.29, 1.82) is 0 Å². The number of nitrogens with zero attached hydrogens (tertiary/aromatic N) is 2. The maximum Gasteiger partial charge on any atom is 0.277 e. The molecule has 2 aromatic rings. The number of hydrogen-bond acceptors (Lipinski definition) is 5. The lowest BCUT2D eigenvalue weighted by Gasteiger charge is -2.34. The Hall–Kier alpha value is -2.58. The minimum Gasteiger partial charge on any atom is -0.493 e. The summed E-state index contributed by atoms with van der Waals surface area (Å²) in [6.45, 7) is 3.45. The quantitative estimate of drug-likeness (QED) is 0.721. The maximum atomic E-state index is 12.7. The second-order valence-corrected chi connectivity index (χ2v) is 8.10. The van der Waals surface area contributed by atoms with Gasteiger partial charge in [0.2, 0.25) is 0 Å². The monoisotopic (exact) mass is 418 g/mol. The van der Waals surface area contributed by atoms with Crippen molar-refractivity contribution in [3.05, 3.63) is 46.2 Å². The first kappa shape index (κ1) is 21.1. The molecule has 0 radical (unpaired) electrons. The molecule has 2 heterocycles. The van der Waals surface area contributed by atoms with Crippen LogP contribution in [-0.4, -0.2) is 75.6 Å². The van der Waals surface area contributed by atoms with Gasteiger partial charge < -0.3 is 24.2 Å². The summed E-state index contributed by atoms with van der Waals surface area (Å²) < 4.78 is 10.6. The van der Waals surface area contributed by atoms with Crippen LogP contribution >= 0.6 is 11.3 Å². The number of rotatable bonds is 7. The van der Waals surface area contributed by atoms with Crippen molar-refractivity contribution in [2.75, 3.05) is 54.0 Å². The number of piperazine rings is 1. The zero-order valence-corrected chi connectivity index (χ0v) is 18.0. The Labute approximate surface area is 175 Å². The van der Waals surface area contributed by atoms with Crippen molar-refractivity contribution in [2.24, 2.45) is 0 Å². The lowest BCUT2D eigenvalue weighted by Crippen LogP contribution is -3.09. The van der Waals surface area contributed by atoms with Crippen LogP contribution in [-0.2, 0) is 11.3 Å². The van der Waals surface area contributed by atoms with E-state index in [0.717, 1.165) is 15.3 Å². The van der Waals surface area contributed by atoms with Crippen molar-refractivity contribution >= 4 is 23.2 Å². The zero-order valence-electron chi connectivity index (χ0n) is 17.1. The molecule has 1 fully saturated rings. The van der Waals surface area contributed by atoms with Crippen LogP contribution in [0.5, 0.6) is 11.5 Å². The molecule has 1 aliphatic rings. The van der Waals surface area contributed by atoms with E-state index in [0.29, 0.717) is 50.8 Å². The molecule has 1 N–H and O–H groups in total. The maximum absolute atomic E-state index is 12.7. The first-order valence-corrected chi connectivity index (χ1v) is 10.5. The molecule has 1 saturated heterocycles. The number of likely N-dealkylation sites (N-methyl/N-ethyl adjacent to an activating group) is 1. The van der Waals surface area contributed by atoms with Gasteiger partial charge in [-0.05, 0) is 29.6 Å². The lowest BCUT2D eigenvalue weighted by molar-refractivity contribution is -0.885. The summed E-state index contributed by atoms with van der Waals surface area (Å²) in [5.74, 6) is 1.56. The van der Waals surface area contributed by atoms with Gasteiger partial charge in [0.1, 0.15) is 6.54 Å². The first-order valence-electron chi connectivity index (χ1n) is 9.64. The van der Waals surface area contributed by atoms with Gasteiger partial charge in [-0.25, -0.2) is 0 Å². The Bertz CT molecular complexity index is 832. The van der Waals surface area contributed by atoms with Gasteiger partial charge in [0.05, 0.1) is 26.1 Å². The number of ether oxygens (including phenoxy) is 2. The van der Waals surface area contributed by atoms with E-state index in [2.05, 4.69) is 0 Å². The van der Waals surface area contributed by atoms with E-state index in [1.807, 2.05) is 52.6 Å². The number of benzene rings is 1. The van der Waals surface area contributed by atoms with Crippen LogP contribution in [0.2, 0.25) is 0 Å². The molecule has 2 amide bonds. The second-order valence-electron chi connectivity index (χ2n) is 7.15. The van der Waals surface area contributed by atoms with Gasteiger partial charge in [-0.15, -0.1) is 11.3 Å². The number of quaternary nitrogens is 1. The molecule has 0 saturated carbocycles. The molecule has 1 atom stereocenters. The molecule has 1 unspecified atom stereocenters. The van der Waals surface area contributed by atoms with Crippen LogP contribution in [0.25, 0.3) is 0 Å². The molecule has 0 spiro atoms. The minimum atomic E-state index is 0.0586. The average Bonchev–Trinajstić information content (AvgIpc) is 3.28. The van der Waals surface area contributed by atoms with Crippen LogP contribution in [0.4, 0.5) is 0 Å². The number of carbonyl (C=O) groups is 2. The molecule has 0 bridgehead atoms. The van der Waals surface area contributed by atoms with E-state index in [1.54, 1.807) is 14.2 Å². The topological polar surface area (TPSA) is 63.5 Å². The number of nitrogens with one attached hydrogen (secondary N) is 1. The van der Waals surface area contributed by atoms with Gasteiger partial charge in [0.25, 0.3) is 11.8 Å². The smallest absolute Gasteiger partial charge is 0.277 e. The summed E-state index contributed by atoms with van der Waals surface area (Å²) in [5.41, 5.74) is 1.08. The Kier molecular flexibility index (Phi) is 7.11. The summed E-state index contributed by atoms with van der Waals surface area (Å²) in [4.78, 5) is 30.6. The number of carbonyl (C=O) groups excluding carboxylic acids is 2. The number of hydrogen-bond donors (Lipinski definition) is 1. The van der Waals surface area contributed by atoms with E-state index >= 15 is 0 Å². The highest BCUT2D eigenvalue weighted by Crippen LogP contribution is 2.27. The third-order valence-electron chi connectivity index (χ3n) is 5.06. The fraction of sp³-hybridized carbons (Fsp3) is 0.429. The summed E-state index contributed by atoms with van der Waals surface area (Å²) >= 11 is 1.45. The van der Waals surface area contributed by atoms with Gasteiger partial charge >= 0.3 is 0 Å². The van der Waals surface area contributed by atoms with Gasteiger partial charge in [-0.1, -0.05) is 6.07 Å². The van der Waals surface area contributed by atoms with E-state index in [9.17, 15) is 9.59 Å². The highest BCUT2D eigenvalue weighted by atomic mass is 32.1. The molecule has 1 aromatic carbocycles. The van der Waals surface area contributed by atoms with E-state index in [1.165, 1.54) is 11.3 Å². The molecule has 156 valence electrons. The average molecular weight is 419 g/mol. The van der Waals surface area contributed by atoms with Crippen LogP contribution in [0, 0.1) is 0 Å². The predicted molar refractivity (Wildman–Crippen MR) is 112 cm³/mol. The van der Waals surface area contributed by atoms with Crippen LogP contribution < -0.4 is 14.4 Å². The van der Waals surface area contributed by atoms with Crippen LogP contribution in [0.15, 0.2) is 35.7 Å². The summed E-state index contributed by atoms with van der Waals surface area (Å²) in [6.07, 6.45) is 0. The molecule has 1 aliphatic heterocycles. The molecular weight excluding hydrogens is 390 g/mol. The van der Waals surface area contributed by atoms with Gasteiger partial charge in [0, 0.05) is 31.7 Å². The van der Waals surface area contributed by atoms with Crippen molar-refractivity contribution in [3.63, 3.8) is 0 Å². The largest absolute Gasteiger partial charge is 0.493 e.